The molecule has 0 saturated carbocycles. The van der Waals surface area contributed by atoms with Crippen molar-refractivity contribution in [3.05, 3.63) is 47.6 Å². The van der Waals surface area contributed by atoms with Crippen molar-refractivity contribution in [3.63, 3.8) is 0 Å². The van der Waals surface area contributed by atoms with Crippen LogP contribution >= 0.6 is 0 Å². The Hall–Kier alpha value is -3.62. The number of imide groups is 1. The second-order valence-corrected chi connectivity index (χ2v) is 10.7. The van der Waals surface area contributed by atoms with E-state index in [2.05, 4.69) is 4.98 Å². The molecule has 0 aliphatic carbocycles. The highest BCUT2D eigenvalue weighted by atomic mass is 16.6. The summed E-state index contributed by atoms with van der Waals surface area (Å²) in [7, 11) is 0. The Bertz CT molecular complexity index is 1200. The number of rotatable bonds is 1. The molecule has 9 nitrogen and oxygen atoms in total. The highest BCUT2D eigenvalue weighted by Crippen LogP contribution is 2.35. The van der Waals surface area contributed by atoms with Crippen LogP contribution in [0.2, 0.25) is 0 Å². The number of likely N-dealkylation sites (tertiary alicyclic amines) is 1. The van der Waals surface area contributed by atoms with E-state index in [1.54, 1.807) is 38.1 Å². The molecule has 0 radical (unpaired) electrons. The van der Waals surface area contributed by atoms with Crippen LogP contribution in [0.1, 0.15) is 65.8 Å². The molecule has 4 rings (SSSR count). The van der Waals surface area contributed by atoms with Gasteiger partial charge in [0.05, 0.1) is 29.3 Å². The molecule has 0 unspecified atom stereocenters. The fourth-order valence-electron chi connectivity index (χ4n) is 4.08. The third-order valence-corrected chi connectivity index (χ3v) is 5.53. The van der Waals surface area contributed by atoms with Crippen LogP contribution in [0.15, 0.2) is 36.2 Å². The maximum absolute atomic E-state index is 13.1. The SMILES string of the molecule is CC(C)(C)OC(=O)N1CCC/C(=C\c2ncn3c2CN(C(=O)OC(C)(C)C)c2ccccc2-3)C1=O. The number of amides is 3. The number of anilines is 1. The van der Waals surface area contributed by atoms with Crippen LogP contribution in [0.25, 0.3) is 11.8 Å². The van der Waals surface area contributed by atoms with Gasteiger partial charge in [0.25, 0.3) is 5.91 Å². The minimum absolute atomic E-state index is 0.231. The van der Waals surface area contributed by atoms with Gasteiger partial charge in [0.1, 0.15) is 17.5 Å². The quantitative estimate of drug-likeness (QED) is 0.529. The summed E-state index contributed by atoms with van der Waals surface area (Å²) in [4.78, 5) is 46.0. The molecule has 1 aromatic heterocycles. The van der Waals surface area contributed by atoms with Gasteiger partial charge in [0, 0.05) is 12.1 Å². The van der Waals surface area contributed by atoms with Gasteiger partial charge in [-0.05, 0) is 72.6 Å². The lowest BCUT2D eigenvalue weighted by Crippen LogP contribution is -2.44. The number of hydrogen-bond donors (Lipinski definition) is 0. The Kier molecular flexibility index (Phi) is 6.21. The molecule has 1 aromatic carbocycles. The van der Waals surface area contributed by atoms with Gasteiger partial charge in [-0.15, -0.1) is 0 Å². The molecule has 9 heteroatoms. The van der Waals surface area contributed by atoms with Gasteiger partial charge < -0.3 is 9.47 Å². The number of carbonyl (C=O) groups is 3. The van der Waals surface area contributed by atoms with Crippen LogP contribution < -0.4 is 4.90 Å². The molecule has 1 fully saturated rings. The maximum Gasteiger partial charge on any atom is 0.417 e. The summed E-state index contributed by atoms with van der Waals surface area (Å²) >= 11 is 0. The first-order valence-corrected chi connectivity index (χ1v) is 11.8. The van der Waals surface area contributed by atoms with Crippen molar-refractivity contribution in [1.29, 1.82) is 0 Å². The van der Waals surface area contributed by atoms with Crippen molar-refractivity contribution < 1.29 is 23.9 Å². The lowest BCUT2D eigenvalue weighted by atomic mass is 10.0. The number of imidazole rings is 1. The molecule has 35 heavy (non-hydrogen) atoms. The summed E-state index contributed by atoms with van der Waals surface area (Å²) < 4.78 is 13.0. The van der Waals surface area contributed by atoms with E-state index in [1.807, 2.05) is 49.6 Å². The molecular formula is C26H32N4O5. The molecule has 3 amide bonds. The first-order chi connectivity index (χ1) is 16.3. The number of benzene rings is 1. The monoisotopic (exact) mass is 480 g/mol. The first kappa shape index (κ1) is 24.5. The first-order valence-electron chi connectivity index (χ1n) is 11.8. The average Bonchev–Trinajstić information content (AvgIpc) is 3.15. The predicted molar refractivity (Wildman–Crippen MR) is 131 cm³/mol. The van der Waals surface area contributed by atoms with Crippen molar-refractivity contribution in [2.75, 3.05) is 11.4 Å². The third-order valence-electron chi connectivity index (χ3n) is 5.53. The van der Waals surface area contributed by atoms with Gasteiger partial charge in [-0.2, -0.15) is 0 Å². The Morgan fingerprint density at radius 1 is 0.943 bits per heavy atom. The van der Waals surface area contributed by atoms with E-state index in [-0.39, 0.29) is 12.5 Å². The summed E-state index contributed by atoms with van der Waals surface area (Å²) in [5.41, 5.74) is 1.98. The minimum Gasteiger partial charge on any atom is -0.443 e. The molecule has 0 bridgehead atoms. The van der Waals surface area contributed by atoms with Crippen LogP contribution in [0.4, 0.5) is 15.3 Å². The molecule has 0 spiro atoms. The fraction of sp³-hybridized carbons (Fsp3) is 0.462. The summed E-state index contributed by atoms with van der Waals surface area (Å²) in [6, 6.07) is 7.53. The summed E-state index contributed by atoms with van der Waals surface area (Å²) in [5.74, 6) is -0.382. The van der Waals surface area contributed by atoms with Gasteiger partial charge in [0.15, 0.2) is 0 Å². The van der Waals surface area contributed by atoms with Crippen molar-refractivity contribution in [2.45, 2.75) is 72.1 Å². The number of fused-ring (bicyclic) bond motifs is 3. The fourth-order valence-corrected chi connectivity index (χ4v) is 4.08. The Labute approximate surface area is 205 Å². The van der Waals surface area contributed by atoms with Crippen LogP contribution in [0.5, 0.6) is 0 Å². The normalized spacial score (nSPS) is 17.2. The number of piperidine rings is 1. The highest BCUT2D eigenvalue weighted by molar-refractivity contribution is 6.06. The Morgan fingerprint density at radius 3 is 2.17 bits per heavy atom. The summed E-state index contributed by atoms with van der Waals surface area (Å²) in [6.07, 6.45) is 3.46. The van der Waals surface area contributed by atoms with E-state index in [0.717, 1.165) is 22.0 Å². The minimum atomic E-state index is -0.694. The Balaban J connectivity index is 1.67. The molecule has 2 aliphatic rings. The predicted octanol–water partition coefficient (Wildman–Crippen LogP) is 5.07. The number of ether oxygens (including phenoxy) is 2. The van der Waals surface area contributed by atoms with Gasteiger partial charge in [-0.25, -0.2) is 19.5 Å². The van der Waals surface area contributed by atoms with E-state index in [9.17, 15) is 14.4 Å². The van der Waals surface area contributed by atoms with E-state index < -0.39 is 23.4 Å². The number of carbonyl (C=O) groups excluding carboxylic acids is 3. The molecular weight excluding hydrogens is 448 g/mol. The molecule has 1 saturated heterocycles. The van der Waals surface area contributed by atoms with Crippen LogP contribution in [0, 0.1) is 0 Å². The molecule has 2 aliphatic heterocycles. The van der Waals surface area contributed by atoms with Crippen LogP contribution in [-0.4, -0.2) is 50.3 Å². The molecule has 3 heterocycles. The van der Waals surface area contributed by atoms with Gasteiger partial charge in [-0.3, -0.25) is 14.3 Å². The van der Waals surface area contributed by atoms with Crippen molar-refractivity contribution >= 4 is 29.9 Å². The standard InChI is InChI=1S/C26H32N4O5/c1-25(2,3)34-23(32)28-13-9-10-17(22(28)31)14-18-21-15-29(24(33)35-26(4,5)6)19-11-7-8-12-20(19)30(21)16-27-18/h7-8,11-12,14,16H,9-10,13,15H2,1-6H3/b17-14+. The van der Waals surface area contributed by atoms with E-state index in [1.165, 1.54) is 0 Å². The topological polar surface area (TPSA) is 94.0 Å². The van der Waals surface area contributed by atoms with Gasteiger partial charge in [0.2, 0.25) is 0 Å². The molecule has 2 aromatic rings. The maximum atomic E-state index is 13.1. The van der Waals surface area contributed by atoms with Gasteiger partial charge in [-0.1, -0.05) is 12.1 Å². The van der Waals surface area contributed by atoms with Crippen LogP contribution in [-0.2, 0) is 20.8 Å². The number of nitrogens with zero attached hydrogens (tertiary/aromatic N) is 4. The summed E-state index contributed by atoms with van der Waals surface area (Å²) in [5, 5.41) is 0. The van der Waals surface area contributed by atoms with Crippen LogP contribution in [0.3, 0.4) is 0 Å². The zero-order valence-electron chi connectivity index (χ0n) is 21.1. The van der Waals surface area contributed by atoms with Crippen molar-refractivity contribution in [2.24, 2.45) is 0 Å². The number of aromatic nitrogens is 2. The summed E-state index contributed by atoms with van der Waals surface area (Å²) in [6.45, 7) is 11.3. The average molecular weight is 481 g/mol. The largest absolute Gasteiger partial charge is 0.443 e. The Morgan fingerprint density at radius 2 is 1.54 bits per heavy atom. The third kappa shape index (κ3) is 5.23. The zero-order valence-corrected chi connectivity index (χ0v) is 21.1. The zero-order chi connectivity index (χ0) is 25.5. The lowest BCUT2D eigenvalue weighted by Gasteiger charge is -2.32. The molecule has 186 valence electrons. The number of para-hydroxylation sites is 2. The second kappa shape index (κ2) is 8.87. The van der Waals surface area contributed by atoms with Gasteiger partial charge >= 0.3 is 12.2 Å². The molecule has 0 atom stereocenters. The van der Waals surface area contributed by atoms with Crippen molar-refractivity contribution in [3.8, 4) is 5.69 Å². The van der Waals surface area contributed by atoms with Crippen molar-refractivity contribution in [1.82, 2.24) is 14.5 Å². The van der Waals surface area contributed by atoms with E-state index >= 15 is 0 Å². The van der Waals surface area contributed by atoms with E-state index in [0.29, 0.717) is 30.7 Å². The second-order valence-electron chi connectivity index (χ2n) is 10.7. The smallest absolute Gasteiger partial charge is 0.417 e. The number of hydrogen-bond acceptors (Lipinski definition) is 6. The molecule has 0 N–H and O–H groups in total. The lowest BCUT2D eigenvalue weighted by molar-refractivity contribution is -0.127. The van der Waals surface area contributed by atoms with E-state index in [4.69, 9.17) is 9.47 Å². The highest BCUT2D eigenvalue weighted by Gasteiger charge is 2.34.